The van der Waals surface area contributed by atoms with E-state index >= 15 is 0 Å². The number of aryl methyl sites for hydroxylation is 1. The number of ether oxygens (including phenoxy) is 1. The smallest absolute Gasteiger partial charge is 0.153 e. The van der Waals surface area contributed by atoms with E-state index in [1.54, 1.807) is 6.07 Å². The first kappa shape index (κ1) is 13.4. The fourth-order valence-electron chi connectivity index (χ4n) is 2.17. The Bertz CT molecular complexity index is 428. The predicted octanol–water partition coefficient (Wildman–Crippen LogP) is 2.74. The molecule has 0 spiro atoms. The number of carbonyl (C=O) groups excluding carboxylic acids is 1. The van der Waals surface area contributed by atoms with Crippen LogP contribution in [0.25, 0.3) is 0 Å². The highest BCUT2D eigenvalue weighted by molar-refractivity contribution is 6.30. The lowest BCUT2D eigenvalue weighted by Crippen LogP contribution is -2.31. The molecule has 1 aliphatic rings. The highest BCUT2D eigenvalue weighted by Gasteiger charge is 2.21. The van der Waals surface area contributed by atoms with E-state index in [2.05, 4.69) is 5.32 Å². The molecular formula is C14H18ClNO2. The zero-order valence-corrected chi connectivity index (χ0v) is 11.3. The van der Waals surface area contributed by atoms with Crippen molar-refractivity contribution >= 4 is 17.4 Å². The Morgan fingerprint density at radius 1 is 1.56 bits per heavy atom. The van der Waals surface area contributed by atoms with E-state index in [1.165, 1.54) is 0 Å². The van der Waals surface area contributed by atoms with Crippen molar-refractivity contribution in [1.82, 2.24) is 5.32 Å². The Labute approximate surface area is 112 Å². The van der Waals surface area contributed by atoms with Crippen LogP contribution in [0.2, 0.25) is 5.02 Å². The summed E-state index contributed by atoms with van der Waals surface area (Å²) in [6.45, 7) is 3.33. The van der Waals surface area contributed by atoms with Crippen LogP contribution in [0, 0.1) is 6.92 Å². The Kier molecular flexibility index (Phi) is 4.61. The number of carbonyl (C=O) groups is 1. The van der Waals surface area contributed by atoms with E-state index in [4.69, 9.17) is 16.3 Å². The minimum atomic E-state index is 0.0416. The number of rotatable bonds is 5. The van der Waals surface area contributed by atoms with Gasteiger partial charge in [0, 0.05) is 11.4 Å². The van der Waals surface area contributed by atoms with Crippen molar-refractivity contribution in [3.8, 4) is 5.75 Å². The van der Waals surface area contributed by atoms with Gasteiger partial charge in [-0.15, -0.1) is 0 Å². The second-order valence-electron chi connectivity index (χ2n) is 4.62. The Balaban J connectivity index is 1.79. The standard InChI is InChI=1S/C14H18ClNO2/c1-10-9-11(15)4-5-14(10)18-8-6-13(17)12-3-2-7-16-12/h4-5,9,12,16H,2-3,6-8H2,1H3. The van der Waals surface area contributed by atoms with Gasteiger partial charge >= 0.3 is 0 Å². The molecule has 18 heavy (non-hydrogen) atoms. The van der Waals surface area contributed by atoms with Crippen LogP contribution in [-0.4, -0.2) is 25.0 Å². The van der Waals surface area contributed by atoms with Gasteiger partial charge in [0.25, 0.3) is 0 Å². The third-order valence-electron chi connectivity index (χ3n) is 3.19. The first-order chi connectivity index (χ1) is 8.66. The van der Waals surface area contributed by atoms with E-state index in [9.17, 15) is 4.79 Å². The molecule has 1 heterocycles. The summed E-state index contributed by atoms with van der Waals surface area (Å²) in [6.07, 6.45) is 2.51. The topological polar surface area (TPSA) is 38.3 Å². The lowest BCUT2D eigenvalue weighted by atomic mass is 10.1. The van der Waals surface area contributed by atoms with Gasteiger partial charge < -0.3 is 10.1 Å². The summed E-state index contributed by atoms with van der Waals surface area (Å²) in [5.41, 5.74) is 0.994. The van der Waals surface area contributed by atoms with Crippen molar-refractivity contribution in [3.05, 3.63) is 28.8 Å². The average molecular weight is 268 g/mol. The molecule has 1 unspecified atom stereocenters. The number of nitrogens with one attached hydrogen (secondary N) is 1. The average Bonchev–Trinajstić information content (AvgIpc) is 2.85. The number of hydrogen-bond acceptors (Lipinski definition) is 3. The van der Waals surface area contributed by atoms with Crippen LogP contribution >= 0.6 is 11.6 Å². The minimum Gasteiger partial charge on any atom is -0.493 e. The van der Waals surface area contributed by atoms with Gasteiger partial charge in [-0.2, -0.15) is 0 Å². The fraction of sp³-hybridized carbons (Fsp3) is 0.500. The van der Waals surface area contributed by atoms with Crippen LogP contribution in [-0.2, 0) is 4.79 Å². The number of hydrogen-bond donors (Lipinski definition) is 1. The first-order valence-corrected chi connectivity index (χ1v) is 6.69. The highest BCUT2D eigenvalue weighted by atomic mass is 35.5. The van der Waals surface area contributed by atoms with Crippen molar-refractivity contribution < 1.29 is 9.53 Å². The maximum Gasteiger partial charge on any atom is 0.153 e. The lowest BCUT2D eigenvalue weighted by Gasteiger charge is -2.11. The van der Waals surface area contributed by atoms with Crippen LogP contribution in [0.3, 0.4) is 0 Å². The Morgan fingerprint density at radius 3 is 3.06 bits per heavy atom. The summed E-state index contributed by atoms with van der Waals surface area (Å²) in [6, 6.07) is 5.54. The van der Waals surface area contributed by atoms with Crippen LogP contribution in [0.5, 0.6) is 5.75 Å². The maximum absolute atomic E-state index is 11.8. The molecule has 1 aromatic carbocycles. The van der Waals surface area contributed by atoms with E-state index in [0.717, 1.165) is 30.7 Å². The molecule has 0 aliphatic carbocycles. The van der Waals surface area contributed by atoms with Crippen LogP contribution in [0.4, 0.5) is 0 Å². The zero-order chi connectivity index (χ0) is 13.0. The normalized spacial score (nSPS) is 18.9. The largest absolute Gasteiger partial charge is 0.493 e. The molecule has 98 valence electrons. The fourth-order valence-corrected chi connectivity index (χ4v) is 2.40. The van der Waals surface area contributed by atoms with Gasteiger partial charge in [-0.3, -0.25) is 4.79 Å². The molecule has 4 heteroatoms. The number of Topliss-reactive ketones (excluding diaryl/α,β-unsaturated/α-hetero) is 1. The third-order valence-corrected chi connectivity index (χ3v) is 3.43. The molecule has 1 aromatic rings. The van der Waals surface area contributed by atoms with Crippen molar-refractivity contribution in [2.24, 2.45) is 0 Å². The summed E-state index contributed by atoms with van der Waals surface area (Å²) >= 11 is 5.87. The van der Waals surface area contributed by atoms with Crippen molar-refractivity contribution in [1.29, 1.82) is 0 Å². The van der Waals surface area contributed by atoms with Gasteiger partial charge in [0.15, 0.2) is 5.78 Å². The molecule has 0 radical (unpaired) electrons. The molecule has 1 atom stereocenters. The quantitative estimate of drug-likeness (QED) is 0.892. The summed E-state index contributed by atoms with van der Waals surface area (Å²) in [5, 5.41) is 3.90. The second-order valence-corrected chi connectivity index (χ2v) is 5.06. The molecular weight excluding hydrogens is 250 g/mol. The zero-order valence-electron chi connectivity index (χ0n) is 10.5. The molecule has 1 aliphatic heterocycles. The second kappa shape index (κ2) is 6.21. The van der Waals surface area contributed by atoms with E-state index in [-0.39, 0.29) is 11.8 Å². The van der Waals surface area contributed by atoms with Crippen LogP contribution in [0.15, 0.2) is 18.2 Å². The lowest BCUT2D eigenvalue weighted by molar-refractivity contribution is -0.121. The van der Waals surface area contributed by atoms with Gasteiger partial charge in [-0.05, 0) is 50.1 Å². The van der Waals surface area contributed by atoms with Gasteiger partial charge in [0.05, 0.1) is 12.6 Å². The third kappa shape index (κ3) is 3.47. The van der Waals surface area contributed by atoms with Gasteiger partial charge in [-0.1, -0.05) is 11.6 Å². The van der Waals surface area contributed by atoms with Gasteiger partial charge in [0.1, 0.15) is 5.75 Å². The predicted molar refractivity (Wildman–Crippen MR) is 72.3 cm³/mol. The number of ketones is 1. The highest BCUT2D eigenvalue weighted by Crippen LogP contribution is 2.22. The van der Waals surface area contributed by atoms with E-state index in [1.807, 2.05) is 19.1 Å². The SMILES string of the molecule is Cc1cc(Cl)ccc1OCCC(=O)C1CCCN1. The van der Waals surface area contributed by atoms with Crippen molar-refractivity contribution in [2.75, 3.05) is 13.2 Å². The van der Waals surface area contributed by atoms with Gasteiger partial charge in [0.2, 0.25) is 0 Å². The van der Waals surface area contributed by atoms with Crippen molar-refractivity contribution in [2.45, 2.75) is 32.2 Å². The number of benzene rings is 1. The molecule has 2 rings (SSSR count). The van der Waals surface area contributed by atoms with Gasteiger partial charge in [-0.25, -0.2) is 0 Å². The summed E-state index contributed by atoms with van der Waals surface area (Å²) in [5.74, 6) is 1.05. The van der Waals surface area contributed by atoms with Crippen molar-refractivity contribution in [3.63, 3.8) is 0 Å². The monoisotopic (exact) mass is 267 g/mol. The molecule has 1 N–H and O–H groups in total. The Hall–Kier alpha value is -1.06. The van der Waals surface area contributed by atoms with Crippen LogP contribution < -0.4 is 10.1 Å². The molecule has 1 saturated heterocycles. The van der Waals surface area contributed by atoms with E-state index in [0.29, 0.717) is 18.1 Å². The molecule has 0 bridgehead atoms. The summed E-state index contributed by atoms with van der Waals surface area (Å²) in [4.78, 5) is 11.8. The Morgan fingerprint density at radius 2 is 2.39 bits per heavy atom. The van der Waals surface area contributed by atoms with Crippen LogP contribution in [0.1, 0.15) is 24.8 Å². The minimum absolute atomic E-state index is 0.0416. The summed E-state index contributed by atoms with van der Waals surface area (Å²) < 4.78 is 5.61. The molecule has 0 aromatic heterocycles. The molecule has 3 nitrogen and oxygen atoms in total. The summed E-state index contributed by atoms with van der Waals surface area (Å²) in [7, 11) is 0. The molecule has 0 amide bonds. The maximum atomic E-state index is 11.8. The number of halogens is 1. The molecule has 0 saturated carbocycles. The molecule has 1 fully saturated rings. The first-order valence-electron chi connectivity index (χ1n) is 6.32. The van der Waals surface area contributed by atoms with E-state index < -0.39 is 0 Å².